The fraction of sp³-hybridized carbons (Fsp3) is 0.163. The van der Waals surface area contributed by atoms with Crippen molar-refractivity contribution in [2.45, 2.75) is 43.9 Å². The van der Waals surface area contributed by atoms with Gasteiger partial charge < -0.3 is 9.80 Å². The number of alkyl halides is 6. The van der Waals surface area contributed by atoms with Crippen LogP contribution >= 0.6 is 0 Å². The van der Waals surface area contributed by atoms with Crippen molar-refractivity contribution in [1.82, 2.24) is 0 Å². The highest BCUT2D eigenvalue weighted by Crippen LogP contribution is 2.58. The Hall–Kier alpha value is -6.70. The van der Waals surface area contributed by atoms with E-state index in [2.05, 4.69) is 0 Å². The second kappa shape index (κ2) is 16.6. The van der Waals surface area contributed by atoms with E-state index >= 15 is 26.3 Å². The van der Waals surface area contributed by atoms with E-state index in [-0.39, 0.29) is 49.7 Å². The number of rotatable bonds is 14. The van der Waals surface area contributed by atoms with Crippen LogP contribution in [0.2, 0.25) is 0 Å². The molecule has 0 aliphatic carbocycles. The number of anilines is 2. The molecule has 0 amide bonds. The van der Waals surface area contributed by atoms with Crippen molar-refractivity contribution in [3.05, 3.63) is 211 Å². The average molecular weight is 785 g/mol. The zero-order valence-electron chi connectivity index (χ0n) is 30.0. The maximum Gasteiger partial charge on any atom is 0.411 e. The molecule has 0 aliphatic heterocycles. The molecule has 0 spiro atoms. The molecular formula is C43H34F6N4O4. The van der Waals surface area contributed by atoms with Crippen LogP contribution in [0.15, 0.2) is 158 Å². The van der Waals surface area contributed by atoms with Gasteiger partial charge in [-0.2, -0.15) is 26.3 Å². The summed E-state index contributed by atoms with van der Waals surface area (Å²) in [5.41, 5.74) is -7.75. The molecule has 6 rings (SSSR count). The Labute approximate surface area is 323 Å². The fourth-order valence-corrected chi connectivity index (χ4v) is 6.99. The zero-order chi connectivity index (χ0) is 40.8. The molecule has 0 saturated heterocycles. The van der Waals surface area contributed by atoms with Crippen molar-refractivity contribution in [1.29, 1.82) is 0 Å². The van der Waals surface area contributed by atoms with Crippen LogP contribution in [0.1, 0.15) is 33.4 Å². The van der Waals surface area contributed by atoms with Crippen molar-refractivity contribution >= 4 is 22.7 Å². The van der Waals surface area contributed by atoms with Gasteiger partial charge in [0.25, 0.3) is 11.4 Å². The number of nitro groups is 2. The minimum atomic E-state index is -6.18. The number of benzene rings is 6. The molecule has 0 atom stereocenters. The summed E-state index contributed by atoms with van der Waals surface area (Å²) in [6.07, 6.45) is -12.4. The van der Waals surface area contributed by atoms with Gasteiger partial charge in [-0.25, -0.2) is 0 Å². The predicted molar refractivity (Wildman–Crippen MR) is 205 cm³/mol. The molecule has 0 saturated carbocycles. The highest BCUT2D eigenvalue weighted by Gasteiger charge is 2.73. The van der Waals surface area contributed by atoms with Gasteiger partial charge >= 0.3 is 12.4 Å². The molecule has 0 radical (unpaired) electrons. The van der Waals surface area contributed by atoms with Gasteiger partial charge in [0.05, 0.1) is 9.85 Å². The molecule has 0 aromatic heterocycles. The normalized spacial score (nSPS) is 11.9. The summed E-state index contributed by atoms with van der Waals surface area (Å²) < 4.78 is 93.0. The number of halogens is 6. The van der Waals surface area contributed by atoms with E-state index in [9.17, 15) is 20.2 Å². The van der Waals surface area contributed by atoms with Crippen LogP contribution in [-0.4, -0.2) is 22.2 Å². The Morgan fingerprint density at radius 2 is 0.684 bits per heavy atom. The highest BCUT2D eigenvalue weighted by atomic mass is 19.4. The van der Waals surface area contributed by atoms with Crippen molar-refractivity contribution in [3.8, 4) is 0 Å². The molecule has 292 valence electrons. The number of nitro benzene ring substituents is 2. The topological polar surface area (TPSA) is 92.8 Å². The molecule has 0 heterocycles. The second-order valence-electron chi connectivity index (χ2n) is 13.3. The average Bonchev–Trinajstić information content (AvgIpc) is 3.18. The molecule has 8 nitrogen and oxygen atoms in total. The molecular weight excluding hydrogens is 750 g/mol. The summed E-state index contributed by atoms with van der Waals surface area (Å²) in [7, 11) is 0. The fourth-order valence-electron chi connectivity index (χ4n) is 6.99. The smallest absolute Gasteiger partial charge is 0.357 e. The monoisotopic (exact) mass is 784 g/mol. The van der Waals surface area contributed by atoms with E-state index in [1.165, 1.54) is 9.80 Å². The molecule has 0 bridgehead atoms. The van der Waals surface area contributed by atoms with Gasteiger partial charge in [0, 0.05) is 38.3 Å². The summed E-state index contributed by atoms with van der Waals surface area (Å²) in [5.74, 6) is 0. The second-order valence-corrected chi connectivity index (χ2v) is 13.3. The van der Waals surface area contributed by atoms with Gasteiger partial charge in [0.15, 0.2) is 0 Å². The first-order chi connectivity index (χ1) is 27.2. The number of hydrogen-bond acceptors (Lipinski definition) is 6. The minimum Gasteiger partial charge on any atom is -0.357 e. The van der Waals surface area contributed by atoms with Gasteiger partial charge in [0.2, 0.25) is 5.41 Å². The Morgan fingerprint density at radius 3 is 0.912 bits per heavy atom. The van der Waals surface area contributed by atoms with Crippen LogP contribution in [0, 0.1) is 20.2 Å². The van der Waals surface area contributed by atoms with E-state index in [4.69, 9.17) is 0 Å². The summed E-state index contributed by atoms with van der Waals surface area (Å²) in [4.78, 5) is 26.2. The van der Waals surface area contributed by atoms with Gasteiger partial charge in [0.1, 0.15) is 11.4 Å². The lowest BCUT2D eigenvalue weighted by atomic mass is 9.72. The summed E-state index contributed by atoms with van der Waals surface area (Å²) in [6, 6.07) is 38.0. The van der Waals surface area contributed by atoms with Crippen LogP contribution in [0.4, 0.5) is 49.1 Å². The molecule has 0 aliphatic rings. The largest absolute Gasteiger partial charge is 0.411 e. The quantitative estimate of drug-likeness (QED) is 0.0620. The van der Waals surface area contributed by atoms with Crippen LogP contribution in [0.25, 0.3) is 0 Å². The Balaban J connectivity index is 1.53. The number of hydrogen-bond donors (Lipinski definition) is 0. The van der Waals surface area contributed by atoms with Crippen molar-refractivity contribution in [3.63, 3.8) is 0 Å². The number of nitrogens with zero attached hydrogens (tertiary/aromatic N) is 4. The molecule has 0 unspecified atom stereocenters. The molecule has 6 aromatic rings. The molecule has 6 aromatic carbocycles. The zero-order valence-corrected chi connectivity index (χ0v) is 30.0. The maximum absolute atomic E-state index is 15.5. The predicted octanol–water partition coefficient (Wildman–Crippen LogP) is 11.3. The lowest BCUT2D eigenvalue weighted by Crippen LogP contribution is -2.54. The summed E-state index contributed by atoms with van der Waals surface area (Å²) >= 11 is 0. The summed E-state index contributed by atoms with van der Waals surface area (Å²) in [5, 5.41) is 25.3. The Bertz CT molecular complexity index is 2060. The van der Waals surface area contributed by atoms with Gasteiger partial charge in [-0.15, -0.1) is 0 Å². The first-order valence-electron chi connectivity index (χ1n) is 17.6. The minimum absolute atomic E-state index is 0.0235. The molecule has 0 fully saturated rings. The van der Waals surface area contributed by atoms with Crippen LogP contribution < -0.4 is 9.80 Å². The lowest BCUT2D eigenvalue weighted by Gasteiger charge is -2.38. The third-order valence-corrected chi connectivity index (χ3v) is 9.61. The van der Waals surface area contributed by atoms with E-state index in [0.717, 1.165) is 12.1 Å². The van der Waals surface area contributed by atoms with Crippen molar-refractivity contribution in [2.75, 3.05) is 9.80 Å². The van der Waals surface area contributed by atoms with E-state index < -0.39 is 50.1 Å². The lowest BCUT2D eigenvalue weighted by molar-refractivity contribution is -0.384. The third kappa shape index (κ3) is 8.59. The highest BCUT2D eigenvalue weighted by molar-refractivity contribution is 5.69. The van der Waals surface area contributed by atoms with Gasteiger partial charge in [-0.1, -0.05) is 133 Å². The molecule has 57 heavy (non-hydrogen) atoms. The Morgan fingerprint density at radius 1 is 0.421 bits per heavy atom. The standard InChI is InChI=1S/C43H34F6N4O4/c44-42(45,46)41(43(47,48)49,35-21-23-37(39(25-35)52(54)55)50(27-31-13-5-1-6-14-31)28-32-15-7-2-8-16-32)36-22-24-38(40(26-36)53(56)57)51(29-33-17-9-3-10-18-33)30-34-19-11-4-12-20-34/h1-26H,27-30H2. The Kier molecular flexibility index (Phi) is 11.6. The first-order valence-corrected chi connectivity index (χ1v) is 17.6. The first kappa shape index (κ1) is 40.0. The van der Waals surface area contributed by atoms with Crippen molar-refractivity contribution < 1.29 is 36.2 Å². The van der Waals surface area contributed by atoms with E-state index in [0.29, 0.717) is 34.4 Å². The molecule has 14 heteroatoms. The summed E-state index contributed by atoms with van der Waals surface area (Å²) in [6.45, 7) is 0.0941. The maximum atomic E-state index is 15.5. The van der Waals surface area contributed by atoms with Gasteiger partial charge in [-0.3, -0.25) is 20.2 Å². The van der Waals surface area contributed by atoms with Crippen LogP contribution in [0.3, 0.4) is 0 Å². The molecule has 0 N–H and O–H groups in total. The van der Waals surface area contributed by atoms with Crippen molar-refractivity contribution in [2.24, 2.45) is 0 Å². The van der Waals surface area contributed by atoms with Gasteiger partial charge in [-0.05, 0) is 45.5 Å². The van der Waals surface area contributed by atoms with Crippen LogP contribution in [-0.2, 0) is 31.6 Å². The van der Waals surface area contributed by atoms with Crippen LogP contribution in [0.5, 0.6) is 0 Å². The SMILES string of the molecule is O=[N+]([O-])c1cc(C(c2ccc(N(Cc3ccccc3)Cc3ccccc3)c([N+](=O)[O-])c2)(C(F)(F)F)C(F)(F)F)ccc1N(Cc1ccccc1)Cc1ccccc1. The third-order valence-electron chi connectivity index (χ3n) is 9.61. The van der Waals surface area contributed by atoms with E-state index in [1.54, 1.807) is 121 Å². The van der Waals surface area contributed by atoms with E-state index in [1.807, 2.05) is 0 Å².